The van der Waals surface area contributed by atoms with Crippen LogP contribution in [0.3, 0.4) is 0 Å². The van der Waals surface area contributed by atoms with E-state index in [4.69, 9.17) is 0 Å². The first-order valence-corrected chi connectivity index (χ1v) is 8.01. The van der Waals surface area contributed by atoms with Crippen LogP contribution in [0.1, 0.15) is 31.0 Å². The van der Waals surface area contributed by atoms with Crippen molar-refractivity contribution in [2.75, 3.05) is 5.32 Å². The monoisotopic (exact) mass is 381 g/mol. The number of amides is 2. The van der Waals surface area contributed by atoms with E-state index >= 15 is 0 Å². The molecule has 0 saturated heterocycles. The lowest BCUT2D eigenvalue weighted by Crippen LogP contribution is -2.35. The summed E-state index contributed by atoms with van der Waals surface area (Å²) >= 11 is 0. The lowest BCUT2D eigenvalue weighted by Gasteiger charge is -2.16. The Balaban J connectivity index is 2.10. The lowest BCUT2D eigenvalue weighted by molar-refractivity contribution is -0.139. The van der Waals surface area contributed by atoms with Crippen LogP contribution in [0.15, 0.2) is 47.4 Å². The van der Waals surface area contributed by atoms with Crippen LogP contribution in [0.2, 0.25) is 0 Å². The van der Waals surface area contributed by atoms with Gasteiger partial charge in [0.2, 0.25) is 11.8 Å². The maximum absolute atomic E-state index is 12.8. The molecule has 0 aliphatic heterocycles. The van der Waals surface area contributed by atoms with Crippen molar-refractivity contribution < 1.29 is 22.8 Å². The molecule has 1 aromatic heterocycles. The minimum absolute atomic E-state index is 0.243. The predicted molar refractivity (Wildman–Crippen MR) is 93.0 cm³/mol. The first-order valence-electron chi connectivity index (χ1n) is 8.01. The van der Waals surface area contributed by atoms with E-state index in [0.29, 0.717) is 21.9 Å². The van der Waals surface area contributed by atoms with Gasteiger partial charge in [0.15, 0.2) is 0 Å². The van der Waals surface area contributed by atoms with Crippen LogP contribution in [0.25, 0.3) is 0 Å². The Morgan fingerprint density at radius 2 is 1.89 bits per heavy atom. The third kappa shape index (κ3) is 5.44. The highest BCUT2D eigenvalue weighted by Crippen LogP contribution is 2.26. The molecule has 0 spiro atoms. The summed E-state index contributed by atoms with van der Waals surface area (Å²) in [5.74, 6) is -0.860. The quantitative estimate of drug-likeness (QED) is 0.836. The Hall–Kier alpha value is -3.10. The number of carbonyl (C=O) groups excluding carboxylic acids is 2. The Morgan fingerprint density at radius 3 is 2.52 bits per heavy atom. The smallest absolute Gasteiger partial charge is 0.348 e. The van der Waals surface area contributed by atoms with Crippen molar-refractivity contribution in [3.8, 4) is 0 Å². The molecular formula is C18H18F3N3O3. The fourth-order valence-electron chi connectivity index (χ4n) is 2.49. The van der Waals surface area contributed by atoms with E-state index in [1.807, 2.05) is 0 Å². The molecule has 27 heavy (non-hydrogen) atoms. The summed E-state index contributed by atoms with van der Waals surface area (Å²) in [6.45, 7) is 2.50. The van der Waals surface area contributed by atoms with Crippen LogP contribution in [0, 0.1) is 0 Å². The number of pyridine rings is 1. The molecule has 9 heteroatoms. The topological polar surface area (TPSA) is 80.2 Å². The number of nitrogens with zero attached hydrogens (tertiary/aromatic N) is 1. The van der Waals surface area contributed by atoms with Crippen LogP contribution < -0.4 is 16.2 Å². The average Bonchev–Trinajstić information content (AvgIpc) is 2.55. The molecule has 6 nitrogen and oxygen atoms in total. The Kier molecular flexibility index (Phi) is 6.04. The number of alkyl halides is 3. The average molecular weight is 381 g/mol. The van der Waals surface area contributed by atoms with E-state index in [9.17, 15) is 27.6 Å². The molecule has 1 aromatic carbocycles. The molecule has 0 aliphatic carbocycles. The van der Waals surface area contributed by atoms with Gasteiger partial charge in [0, 0.05) is 18.8 Å². The Labute approximate surface area is 153 Å². The highest BCUT2D eigenvalue weighted by Gasteiger charge is 2.34. The second kappa shape index (κ2) is 8.07. The molecule has 0 bridgehead atoms. The van der Waals surface area contributed by atoms with Crippen LogP contribution in [0.4, 0.5) is 18.9 Å². The third-order valence-corrected chi connectivity index (χ3v) is 3.72. The number of anilines is 1. The maximum atomic E-state index is 12.8. The molecule has 2 N–H and O–H groups in total. The van der Waals surface area contributed by atoms with Gasteiger partial charge < -0.3 is 15.2 Å². The largest absolute Gasteiger partial charge is 0.421 e. The molecular weight excluding hydrogens is 363 g/mol. The summed E-state index contributed by atoms with van der Waals surface area (Å²) in [4.78, 5) is 35.1. The molecule has 1 atom stereocenters. The first kappa shape index (κ1) is 20.2. The van der Waals surface area contributed by atoms with Crippen molar-refractivity contribution in [1.82, 2.24) is 9.88 Å². The molecule has 2 aromatic rings. The van der Waals surface area contributed by atoms with Crippen LogP contribution in [-0.4, -0.2) is 16.4 Å². The molecule has 144 valence electrons. The van der Waals surface area contributed by atoms with Gasteiger partial charge in [0.05, 0.1) is 6.04 Å². The zero-order chi connectivity index (χ0) is 20.2. The molecule has 0 fully saturated rings. The third-order valence-electron chi connectivity index (χ3n) is 3.72. The molecule has 2 rings (SSSR count). The Morgan fingerprint density at radius 1 is 1.19 bits per heavy atom. The lowest BCUT2D eigenvalue weighted by atomic mass is 10.1. The second-order valence-electron chi connectivity index (χ2n) is 5.95. The highest BCUT2D eigenvalue weighted by molar-refractivity contribution is 5.88. The van der Waals surface area contributed by atoms with Crippen LogP contribution >= 0.6 is 0 Å². The number of hydrogen-bond acceptors (Lipinski definition) is 3. The number of aromatic nitrogens is 1. The van der Waals surface area contributed by atoms with Crippen LogP contribution in [0.5, 0.6) is 0 Å². The normalized spacial score (nSPS) is 12.3. The summed E-state index contributed by atoms with van der Waals surface area (Å²) in [5, 5.41) is 5.24. The van der Waals surface area contributed by atoms with Gasteiger partial charge in [-0.05, 0) is 36.8 Å². The zero-order valence-electron chi connectivity index (χ0n) is 14.6. The van der Waals surface area contributed by atoms with Gasteiger partial charge in [-0.15, -0.1) is 0 Å². The standard InChI is InChI=1S/C18H18F3N3O3/c1-11(13-5-3-6-14(9-13)23-12(2)25)22-16(26)10-24-8-4-7-15(17(24)27)18(19,20)21/h3-9,11H,10H2,1-2H3,(H,22,26)(H,23,25). The van der Waals surface area contributed by atoms with E-state index in [-0.39, 0.29) is 5.91 Å². The van der Waals surface area contributed by atoms with Gasteiger partial charge in [-0.3, -0.25) is 14.4 Å². The van der Waals surface area contributed by atoms with Crippen molar-refractivity contribution in [3.05, 3.63) is 64.1 Å². The minimum atomic E-state index is -4.78. The van der Waals surface area contributed by atoms with E-state index in [0.717, 1.165) is 12.3 Å². The maximum Gasteiger partial charge on any atom is 0.421 e. The summed E-state index contributed by atoms with van der Waals surface area (Å²) in [6, 6.07) is 8.04. The van der Waals surface area contributed by atoms with Crippen molar-refractivity contribution in [3.63, 3.8) is 0 Å². The highest BCUT2D eigenvalue weighted by atomic mass is 19.4. The fraction of sp³-hybridized carbons (Fsp3) is 0.278. The minimum Gasteiger partial charge on any atom is -0.348 e. The van der Waals surface area contributed by atoms with Crippen LogP contribution in [-0.2, 0) is 22.3 Å². The van der Waals surface area contributed by atoms with Gasteiger partial charge in [0.1, 0.15) is 12.1 Å². The van der Waals surface area contributed by atoms with Crippen molar-refractivity contribution in [2.45, 2.75) is 32.6 Å². The van der Waals surface area contributed by atoms with Gasteiger partial charge in [-0.2, -0.15) is 13.2 Å². The molecule has 0 radical (unpaired) electrons. The summed E-state index contributed by atoms with van der Waals surface area (Å²) in [5.41, 5.74) is -1.37. The van der Waals surface area contributed by atoms with Crippen molar-refractivity contribution in [2.24, 2.45) is 0 Å². The SMILES string of the molecule is CC(=O)Nc1cccc(C(C)NC(=O)Cn2cccc(C(F)(F)F)c2=O)c1. The number of halogens is 3. The second-order valence-corrected chi connectivity index (χ2v) is 5.95. The summed E-state index contributed by atoms with van der Waals surface area (Å²) < 4.78 is 39.1. The molecule has 0 aliphatic rings. The number of hydrogen-bond donors (Lipinski definition) is 2. The predicted octanol–water partition coefficient (Wildman–Crippen LogP) is 2.70. The Bertz CT molecular complexity index is 906. The van der Waals surface area contributed by atoms with E-state index < -0.39 is 35.8 Å². The van der Waals surface area contributed by atoms with Gasteiger partial charge >= 0.3 is 6.18 Å². The number of benzene rings is 1. The van der Waals surface area contributed by atoms with Gasteiger partial charge in [0.25, 0.3) is 5.56 Å². The number of nitrogens with one attached hydrogen (secondary N) is 2. The van der Waals surface area contributed by atoms with Gasteiger partial charge in [-0.1, -0.05) is 12.1 Å². The summed E-state index contributed by atoms with van der Waals surface area (Å²) in [7, 11) is 0. The summed E-state index contributed by atoms with van der Waals surface area (Å²) in [6.07, 6.45) is -3.66. The van der Waals surface area contributed by atoms with Gasteiger partial charge in [-0.25, -0.2) is 0 Å². The molecule has 0 saturated carbocycles. The first-order chi connectivity index (χ1) is 12.6. The van der Waals surface area contributed by atoms with E-state index in [1.165, 1.54) is 6.92 Å². The van der Waals surface area contributed by atoms with Crippen molar-refractivity contribution >= 4 is 17.5 Å². The fourth-order valence-corrected chi connectivity index (χ4v) is 2.49. The van der Waals surface area contributed by atoms with E-state index in [2.05, 4.69) is 10.6 Å². The molecule has 2 amide bonds. The molecule has 1 unspecified atom stereocenters. The zero-order valence-corrected chi connectivity index (χ0v) is 14.6. The number of rotatable bonds is 5. The number of carbonyl (C=O) groups is 2. The van der Waals surface area contributed by atoms with E-state index in [1.54, 1.807) is 31.2 Å². The molecule has 1 heterocycles. The van der Waals surface area contributed by atoms with Crippen molar-refractivity contribution in [1.29, 1.82) is 0 Å².